The smallest absolute Gasteiger partial charge is 0.339 e. The topological polar surface area (TPSA) is 60.4 Å². The van der Waals surface area contributed by atoms with E-state index in [1.54, 1.807) is 42.5 Å². The molecule has 0 heterocycles. The summed E-state index contributed by atoms with van der Waals surface area (Å²) in [5, 5.41) is 0. The summed E-state index contributed by atoms with van der Waals surface area (Å²) < 4.78 is 29.0. The van der Waals surface area contributed by atoms with Crippen molar-refractivity contribution < 1.29 is 17.4 Å². The second-order valence-electron chi connectivity index (χ2n) is 4.20. The molecule has 0 saturated carbocycles. The molecule has 0 aliphatic heterocycles. The van der Waals surface area contributed by atoms with Crippen LogP contribution >= 0.6 is 0 Å². The standard InChI is InChI=1S/C15H14O4S/c16-12-4-5-13-8-10-14(11-9-13)19-20(17,18)15-6-2-1-3-7-15/h1-3,6-12H,4-5H2. The molecule has 0 unspecified atom stereocenters. The van der Waals surface area contributed by atoms with Crippen molar-refractivity contribution in [3.8, 4) is 5.75 Å². The highest BCUT2D eigenvalue weighted by Gasteiger charge is 2.15. The Labute approximate surface area is 118 Å². The van der Waals surface area contributed by atoms with Gasteiger partial charge >= 0.3 is 10.1 Å². The van der Waals surface area contributed by atoms with Gasteiger partial charge in [-0.3, -0.25) is 0 Å². The normalized spacial score (nSPS) is 11.0. The molecule has 0 radical (unpaired) electrons. The van der Waals surface area contributed by atoms with E-state index in [2.05, 4.69) is 0 Å². The van der Waals surface area contributed by atoms with Gasteiger partial charge in [-0.05, 0) is 36.2 Å². The second kappa shape index (κ2) is 6.34. The minimum absolute atomic E-state index is 0.116. The van der Waals surface area contributed by atoms with Crippen LogP contribution < -0.4 is 4.18 Å². The molecule has 2 rings (SSSR count). The SMILES string of the molecule is O=CCCc1ccc(OS(=O)(=O)c2ccccc2)cc1. The van der Waals surface area contributed by atoms with Gasteiger partial charge in [-0.2, -0.15) is 8.42 Å². The molecule has 0 bridgehead atoms. The monoisotopic (exact) mass is 290 g/mol. The van der Waals surface area contributed by atoms with Crippen LogP contribution in [0.1, 0.15) is 12.0 Å². The van der Waals surface area contributed by atoms with E-state index in [1.165, 1.54) is 12.1 Å². The summed E-state index contributed by atoms with van der Waals surface area (Å²) in [6, 6.07) is 14.6. The third-order valence-electron chi connectivity index (χ3n) is 2.71. The number of aldehydes is 1. The van der Waals surface area contributed by atoms with Gasteiger partial charge < -0.3 is 8.98 Å². The average molecular weight is 290 g/mol. The Morgan fingerprint density at radius 3 is 2.20 bits per heavy atom. The molecule has 104 valence electrons. The predicted molar refractivity (Wildman–Crippen MR) is 75.1 cm³/mol. The van der Waals surface area contributed by atoms with Crippen molar-refractivity contribution in [2.75, 3.05) is 0 Å². The van der Waals surface area contributed by atoms with Crippen molar-refractivity contribution in [1.29, 1.82) is 0 Å². The molecule has 5 heteroatoms. The van der Waals surface area contributed by atoms with Crippen LogP contribution in [0.2, 0.25) is 0 Å². The highest BCUT2D eigenvalue weighted by atomic mass is 32.2. The third kappa shape index (κ3) is 3.68. The second-order valence-corrected chi connectivity index (χ2v) is 5.75. The molecule has 2 aromatic carbocycles. The van der Waals surface area contributed by atoms with Gasteiger partial charge in [-0.25, -0.2) is 0 Å². The number of carbonyl (C=O) groups excluding carboxylic acids is 1. The molecule has 0 fully saturated rings. The Morgan fingerprint density at radius 2 is 1.60 bits per heavy atom. The Hall–Kier alpha value is -2.14. The van der Waals surface area contributed by atoms with E-state index in [9.17, 15) is 13.2 Å². The van der Waals surface area contributed by atoms with Gasteiger partial charge in [0.15, 0.2) is 0 Å². The van der Waals surface area contributed by atoms with Crippen LogP contribution in [0.25, 0.3) is 0 Å². The minimum Gasteiger partial charge on any atom is -0.379 e. The van der Waals surface area contributed by atoms with Crippen molar-refractivity contribution in [3.63, 3.8) is 0 Å². The van der Waals surface area contributed by atoms with Gasteiger partial charge in [-0.15, -0.1) is 0 Å². The molecule has 4 nitrogen and oxygen atoms in total. The lowest BCUT2D eigenvalue weighted by atomic mass is 10.1. The lowest BCUT2D eigenvalue weighted by molar-refractivity contribution is -0.107. The van der Waals surface area contributed by atoms with Crippen molar-refractivity contribution in [2.45, 2.75) is 17.7 Å². The summed E-state index contributed by atoms with van der Waals surface area (Å²) >= 11 is 0. The van der Waals surface area contributed by atoms with Crippen molar-refractivity contribution in [1.82, 2.24) is 0 Å². The fraction of sp³-hybridized carbons (Fsp3) is 0.133. The van der Waals surface area contributed by atoms with Gasteiger partial charge in [0.1, 0.15) is 16.9 Å². The molecule has 0 spiro atoms. The van der Waals surface area contributed by atoms with E-state index in [0.29, 0.717) is 12.8 Å². The predicted octanol–water partition coefficient (Wildman–Crippen LogP) is 2.59. The molecular weight excluding hydrogens is 276 g/mol. The molecule has 0 aromatic heterocycles. The van der Waals surface area contributed by atoms with Gasteiger partial charge in [0.05, 0.1) is 0 Å². The molecule has 0 amide bonds. The Kier molecular flexibility index (Phi) is 4.53. The molecule has 0 atom stereocenters. The third-order valence-corrected chi connectivity index (χ3v) is 3.97. The van der Waals surface area contributed by atoms with Crippen molar-refractivity contribution in [2.24, 2.45) is 0 Å². The first-order valence-corrected chi connectivity index (χ1v) is 7.55. The van der Waals surface area contributed by atoms with Gasteiger partial charge in [0.2, 0.25) is 0 Å². The molecule has 0 aliphatic rings. The van der Waals surface area contributed by atoms with Crippen molar-refractivity contribution >= 4 is 16.4 Å². The van der Waals surface area contributed by atoms with E-state index in [-0.39, 0.29) is 10.6 Å². The zero-order valence-electron chi connectivity index (χ0n) is 10.7. The number of rotatable bonds is 6. The van der Waals surface area contributed by atoms with Gasteiger partial charge in [0.25, 0.3) is 0 Å². The lowest BCUT2D eigenvalue weighted by Crippen LogP contribution is -2.09. The lowest BCUT2D eigenvalue weighted by Gasteiger charge is -2.07. The number of hydrogen-bond acceptors (Lipinski definition) is 4. The molecule has 0 saturated heterocycles. The summed E-state index contributed by atoms with van der Waals surface area (Å²) in [7, 11) is -3.80. The maximum atomic E-state index is 12.0. The van der Waals surface area contributed by atoms with Gasteiger partial charge in [-0.1, -0.05) is 30.3 Å². The highest BCUT2D eigenvalue weighted by molar-refractivity contribution is 7.87. The summed E-state index contributed by atoms with van der Waals surface area (Å²) in [5.74, 6) is 0.253. The van der Waals surface area contributed by atoms with Crippen LogP contribution in [0.5, 0.6) is 5.75 Å². The fourth-order valence-corrected chi connectivity index (χ4v) is 2.65. The maximum Gasteiger partial charge on any atom is 0.339 e. The van der Waals surface area contributed by atoms with Crippen LogP contribution in [-0.2, 0) is 21.3 Å². The van der Waals surface area contributed by atoms with Gasteiger partial charge in [0, 0.05) is 6.42 Å². The number of aryl methyl sites for hydroxylation is 1. The largest absolute Gasteiger partial charge is 0.379 e. The summed E-state index contributed by atoms with van der Waals surface area (Å²) in [6.45, 7) is 0. The maximum absolute atomic E-state index is 12.0. The molecular formula is C15H14O4S. The summed E-state index contributed by atoms with van der Waals surface area (Å²) in [4.78, 5) is 10.4. The van der Waals surface area contributed by atoms with E-state index in [4.69, 9.17) is 4.18 Å². The Morgan fingerprint density at radius 1 is 0.950 bits per heavy atom. The van der Waals surface area contributed by atoms with Crippen LogP contribution in [0.15, 0.2) is 59.5 Å². The average Bonchev–Trinajstić information content (AvgIpc) is 2.47. The number of benzene rings is 2. The van der Waals surface area contributed by atoms with Crippen LogP contribution in [0.4, 0.5) is 0 Å². The summed E-state index contributed by atoms with van der Waals surface area (Å²) in [5.41, 5.74) is 0.960. The van der Waals surface area contributed by atoms with Crippen molar-refractivity contribution in [3.05, 3.63) is 60.2 Å². The molecule has 0 N–H and O–H groups in total. The fourth-order valence-electron chi connectivity index (χ4n) is 1.70. The van der Waals surface area contributed by atoms with E-state index < -0.39 is 10.1 Å². The first-order valence-electron chi connectivity index (χ1n) is 6.14. The van der Waals surface area contributed by atoms with E-state index in [0.717, 1.165) is 11.8 Å². The summed E-state index contributed by atoms with van der Waals surface area (Å²) in [6.07, 6.45) is 1.93. The first kappa shape index (κ1) is 14.3. The quantitative estimate of drug-likeness (QED) is 0.606. The first-order chi connectivity index (χ1) is 9.62. The Bertz CT molecular complexity index is 661. The molecule has 2 aromatic rings. The zero-order chi connectivity index (χ0) is 14.4. The number of carbonyl (C=O) groups is 1. The zero-order valence-corrected chi connectivity index (χ0v) is 11.5. The van der Waals surface area contributed by atoms with E-state index in [1.807, 2.05) is 0 Å². The van der Waals surface area contributed by atoms with Crippen LogP contribution in [0.3, 0.4) is 0 Å². The van der Waals surface area contributed by atoms with Crippen LogP contribution in [0, 0.1) is 0 Å². The molecule has 0 aliphatic carbocycles. The van der Waals surface area contributed by atoms with Crippen LogP contribution in [-0.4, -0.2) is 14.7 Å². The van der Waals surface area contributed by atoms with E-state index >= 15 is 0 Å². The molecule has 20 heavy (non-hydrogen) atoms. The highest BCUT2D eigenvalue weighted by Crippen LogP contribution is 2.19. The Balaban J connectivity index is 2.12. The minimum atomic E-state index is -3.80. The number of hydrogen-bond donors (Lipinski definition) is 0.